The molecule has 2 rings (SSSR count). The molecule has 0 saturated carbocycles. The SMILES string of the molecule is Cc1nn(-c2ccc(C(N)=S)cc2F)cc1Cl. The molecule has 0 aliphatic carbocycles. The number of halogens is 2. The van der Waals surface area contributed by atoms with E-state index >= 15 is 0 Å². The van der Waals surface area contributed by atoms with Crippen LogP contribution in [0.25, 0.3) is 5.69 Å². The van der Waals surface area contributed by atoms with Crippen LogP contribution in [0, 0.1) is 12.7 Å². The second kappa shape index (κ2) is 4.43. The number of nitrogens with zero attached hydrogens (tertiary/aromatic N) is 2. The number of aryl methyl sites for hydroxylation is 1. The van der Waals surface area contributed by atoms with E-state index in [1.54, 1.807) is 25.3 Å². The van der Waals surface area contributed by atoms with Crippen LogP contribution in [0.3, 0.4) is 0 Å². The van der Waals surface area contributed by atoms with Gasteiger partial charge in [-0.1, -0.05) is 23.8 Å². The van der Waals surface area contributed by atoms with Gasteiger partial charge in [-0.2, -0.15) is 5.10 Å². The van der Waals surface area contributed by atoms with Crippen LogP contribution in [0.4, 0.5) is 4.39 Å². The molecule has 17 heavy (non-hydrogen) atoms. The summed E-state index contributed by atoms with van der Waals surface area (Å²) in [6.07, 6.45) is 1.55. The minimum Gasteiger partial charge on any atom is -0.389 e. The molecule has 2 N–H and O–H groups in total. The Morgan fingerprint density at radius 1 is 1.53 bits per heavy atom. The molecule has 0 amide bonds. The van der Waals surface area contributed by atoms with Crippen molar-refractivity contribution in [2.24, 2.45) is 5.73 Å². The maximum Gasteiger partial charge on any atom is 0.149 e. The van der Waals surface area contributed by atoms with E-state index in [2.05, 4.69) is 5.10 Å². The van der Waals surface area contributed by atoms with Gasteiger partial charge in [0.1, 0.15) is 16.5 Å². The van der Waals surface area contributed by atoms with Crippen LogP contribution in [0.15, 0.2) is 24.4 Å². The Morgan fingerprint density at radius 2 is 2.24 bits per heavy atom. The third-order valence-electron chi connectivity index (χ3n) is 2.32. The molecule has 1 heterocycles. The van der Waals surface area contributed by atoms with Gasteiger partial charge in [-0.15, -0.1) is 0 Å². The van der Waals surface area contributed by atoms with E-state index in [1.165, 1.54) is 10.7 Å². The van der Waals surface area contributed by atoms with Crippen molar-refractivity contribution >= 4 is 28.8 Å². The molecule has 0 fully saturated rings. The lowest BCUT2D eigenvalue weighted by atomic mass is 10.2. The fraction of sp³-hybridized carbons (Fsp3) is 0.0909. The van der Waals surface area contributed by atoms with Gasteiger partial charge in [0.05, 0.1) is 10.7 Å². The summed E-state index contributed by atoms with van der Waals surface area (Å²) in [5.41, 5.74) is 6.85. The van der Waals surface area contributed by atoms with E-state index in [4.69, 9.17) is 29.6 Å². The second-order valence-corrected chi connectivity index (χ2v) is 4.38. The van der Waals surface area contributed by atoms with Gasteiger partial charge >= 0.3 is 0 Å². The summed E-state index contributed by atoms with van der Waals surface area (Å²) >= 11 is 10.6. The summed E-state index contributed by atoms with van der Waals surface area (Å²) in [5, 5.41) is 4.59. The molecule has 0 aliphatic heterocycles. The van der Waals surface area contributed by atoms with Crippen LogP contribution >= 0.6 is 23.8 Å². The monoisotopic (exact) mass is 269 g/mol. The van der Waals surface area contributed by atoms with E-state index in [0.29, 0.717) is 22.0 Å². The van der Waals surface area contributed by atoms with Crippen LogP contribution < -0.4 is 5.73 Å². The fourth-order valence-electron chi connectivity index (χ4n) is 1.41. The zero-order chi connectivity index (χ0) is 12.6. The van der Waals surface area contributed by atoms with Crippen molar-refractivity contribution < 1.29 is 4.39 Å². The molecule has 3 nitrogen and oxygen atoms in total. The summed E-state index contributed by atoms with van der Waals surface area (Å²) in [6.45, 7) is 1.75. The quantitative estimate of drug-likeness (QED) is 0.853. The molecule has 1 aromatic heterocycles. The highest BCUT2D eigenvalue weighted by atomic mass is 35.5. The van der Waals surface area contributed by atoms with Gasteiger partial charge in [0.2, 0.25) is 0 Å². The molecule has 6 heteroatoms. The van der Waals surface area contributed by atoms with E-state index < -0.39 is 5.82 Å². The maximum absolute atomic E-state index is 13.8. The van der Waals surface area contributed by atoms with Crippen LogP contribution in [0.2, 0.25) is 5.02 Å². The Hall–Kier alpha value is -1.46. The van der Waals surface area contributed by atoms with Crippen LogP contribution in [0.5, 0.6) is 0 Å². The number of rotatable bonds is 2. The topological polar surface area (TPSA) is 43.8 Å². The van der Waals surface area contributed by atoms with Gasteiger partial charge in [0.25, 0.3) is 0 Å². The molecule has 0 unspecified atom stereocenters. The van der Waals surface area contributed by atoms with Crippen molar-refractivity contribution in [3.05, 3.63) is 46.5 Å². The molecule has 0 saturated heterocycles. The van der Waals surface area contributed by atoms with E-state index in [-0.39, 0.29) is 4.99 Å². The standard InChI is InChI=1S/C11H9ClFN3S/c1-6-8(12)5-16(15-6)10-3-2-7(11(14)17)4-9(10)13/h2-5H,1H3,(H2,14,17). The number of hydrogen-bond donors (Lipinski definition) is 1. The first kappa shape index (κ1) is 12.0. The van der Waals surface area contributed by atoms with Gasteiger partial charge < -0.3 is 5.73 Å². The average Bonchev–Trinajstić information content (AvgIpc) is 2.58. The van der Waals surface area contributed by atoms with Gasteiger partial charge in [-0.25, -0.2) is 9.07 Å². The van der Waals surface area contributed by atoms with E-state index in [0.717, 1.165) is 0 Å². The summed E-state index contributed by atoms with van der Waals surface area (Å²) in [6, 6.07) is 4.49. The van der Waals surface area contributed by atoms with E-state index in [1.807, 2.05) is 0 Å². The molecule has 0 atom stereocenters. The molecular weight excluding hydrogens is 261 g/mol. The molecular formula is C11H9ClFN3S. The van der Waals surface area contributed by atoms with Crippen LogP contribution in [0.1, 0.15) is 11.3 Å². The normalized spacial score (nSPS) is 10.5. The first-order valence-corrected chi connectivity index (χ1v) is 5.59. The van der Waals surface area contributed by atoms with Gasteiger partial charge in [-0.3, -0.25) is 0 Å². The lowest BCUT2D eigenvalue weighted by Crippen LogP contribution is -2.10. The van der Waals surface area contributed by atoms with Crippen molar-refractivity contribution in [1.29, 1.82) is 0 Å². The zero-order valence-electron chi connectivity index (χ0n) is 8.95. The highest BCUT2D eigenvalue weighted by Gasteiger charge is 2.10. The number of benzene rings is 1. The largest absolute Gasteiger partial charge is 0.389 e. The fourth-order valence-corrected chi connectivity index (χ4v) is 1.67. The molecule has 0 bridgehead atoms. The van der Waals surface area contributed by atoms with Crippen molar-refractivity contribution in [1.82, 2.24) is 9.78 Å². The van der Waals surface area contributed by atoms with E-state index in [9.17, 15) is 4.39 Å². The summed E-state index contributed by atoms with van der Waals surface area (Å²) in [7, 11) is 0. The molecule has 88 valence electrons. The minimum atomic E-state index is -0.450. The number of hydrogen-bond acceptors (Lipinski definition) is 2. The van der Waals surface area contributed by atoms with Crippen molar-refractivity contribution in [2.45, 2.75) is 6.92 Å². The van der Waals surface area contributed by atoms with Gasteiger partial charge in [0.15, 0.2) is 0 Å². The maximum atomic E-state index is 13.8. The molecule has 2 aromatic rings. The Morgan fingerprint density at radius 3 is 2.71 bits per heavy atom. The third kappa shape index (κ3) is 2.30. The number of nitrogens with two attached hydrogens (primary N) is 1. The average molecular weight is 270 g/mol. The Balaban J connectivity index is 2.50. The number of thiocarbonyl (C=S) groups is 1. The smallest absolute Gasteiger partial charge is 0.149 e. The summed E-state index contributed by atoms with van der Waals surface area (Å²) in [5.74, 6) is -0.450. The zero-order valence-corrected chi connectivity index (χ0v) is 10.5. The molecule has 1 aromatic carbocycles. The predicted molar refractivity (Wildman–Crippen MR) is 69.2 cm³/mol. The van der Waals surface area contributed by atoms with Gasteiger partial charge in [0, 0.05) is 11.8 Å². The number of aromatic nitrogens is 2. The molecule has 0 spiro atoms. The van der Waals surface area contributed by atoms with Crippen LogP contribution in [-0.2, 0) is 0 Å². The Labute approximate surface area is 108 Å². The second-order valence-electron chi connectivity index (χ2n) is 3.54. The lowest BCUT2D eigenvalue weighted by molar-refractivity contribution is 0.610. The summed E-state index contributed by atoms with van der Waals surface area (Å²) < 4.78 is 15.2. The predicted octanol–water partition coefficient (Wildman–Crippen LogP) is 2.61. The van der Waals surface area contributed by atoms with Crippen molar-refractivity contribution in [2.75, 3.05) is 0 Å². The highest BCUT2D eigenvalue weighted by Crippen LogP contribution is 2.19. The molecule has 0 radical (unpaired) electrons. The Bertz CT molecular complexity index is 575. The van der Waals surface area contributed by atoms with Gasteiger partial charge in [-0.05, 0) is 25.1 Å². The Kier molecular flexibility index (Phi) is 3.13. The van der Waals surface area contributed by atoms with Crippen molar-refractivity contribution in [3.63, 3.8) is 0 Å². The minimum absolute atomic E-state index is 0.158. The van der Waals surface area contributed by atoms with Crippen molar-refractivity contribution in [3.8, 4) is 5.69 Å². The van der Waals surface area contributed by atoms with Crippen LogP contribution in [-0.4, -0.2) is 14.8 Å². The third-order valence-corrected chi connectivity index (χ3v) is 2.92. The summed E-state index contributed by atoms with van der Waals surface area (Å²) in [4.78, 5) is 0.158. The first-order chi connectivity index (χ1) is 7.99. The molecule has 0 aliphatic rings. The first-order valence-electron chi connectivity index (χ1n) is 4.80. The lowest BCUT2D eigenvalue weighted by Gasteiger charge is -2.05. The highest BCUT2D eigenvalue weighted by molar-refractivity contribution is 7.80.